The zero-order valence-corrected chi connectivity index (χ0v) is 14.5. The summed E-state index contributed by atoms with van der Waals surface area (Å²) in [7, 11) is 3.96. The quantitative estimate of drug-likeness (QED) is 0.587. The van der Waals surface area contributed by atoms with E-state index in [1.165, 1.54) is 32.1 Å². The molecule has 0 amide bonds. The molecule has 1 saturated carbocycles. The van der Waals surface area contributed by atoms with E-state index in [2.05, 4.69) is 5.32 Å². The summed E-state index contributed by atoms with van der Waals surface area (Å²) < 4.78 is 5.34. The molecule has 1 aromatic carbocycles. The van der Waals surface area contributed by atoms with Gasteiger partial charge in [-0.25, -0.2) is 4.79 Å². The largest absolute Gasteiger partial charge is 0.462 e. The Morgan fingerprint density at radius 1 is 1.13 bits per heavy atom. The van der Waals surface area contributed by atoms with E-state index in [-0.39, 0.29) is 5.97 Å². The van der Waals surface area contributed by atoms with Crippen LogP contribution in [-0.4, -0.2) is 39.3 Å². The number of benzene rings is 1. The number of hydrogen-bond acceptors (Lipinski definition) is 4. The molecule has 0 aliphatic heterocycles. The number of anilines is 1. The van der Waals surface area contributed by atoms with Crippen LogP contribution in [0, 0.1) is 0 Å². The van der Waals surface area contributed by atoms with Crippen molar-refractivity contribution in [3.05, 3.63) is 29.8 Å². The highest BCUT2D eigenvalue weighted by Gasteiger charge is 2.12. The van der Waals surface area contributed by atoms with Crippen LogP contribution >= 0.6 is 0 Å². The number of unbranched alkanes of at least 4 members (excludes halogenated alkanes) is 1. The molecule has 4 heteroatoms. The van der Waals surface area contributed by atoms with Crippen LogP contribution < -0.4 is 10.2 Å². The minimum atomic E-state index is -0.226. The Kier molecular flexibility index (Phi) is 7.40. The van der Waals surface area contributed by atoms with Crippen molar-refractivity contribution >= 4 is 11.7 Å². The maximum atomic E-state index is 12.0. The molecule has 0 unspecified atom stereocenters. The fourth-order valence-corrected chi connectivity index (χ4v) is 2.98. The number of carbonyl (C=O) groups excluding carboxylic acids is 1. The minimum Gasteiger partial charge on any atom is -0.462 e. The topological polar surface area (TPSA) is 41.6 Å². The van der Waals surface area contributed by atoms with Crippen LogP contribution in [0.25, 0.3) is 0 Å². The first-order chi connectivity index (χ1) is 11.2. The summed E-state index contributed by atoms with van der Waals surface area (Å²) in [5.41, 5.74) is 1.70. The molecule has 0 saturated heterocycles. The molecule has 1 aliphatic rings. The highest BCUT2D eigenvalue weighted by molar-refractivity contribution is 5.89. The second-order valence-corrected chi connectivity index (χ2v) is 6.57. The van der Waals surface area contributed by atoms with Crippen LogP contribution in [0.15, 0.2) is 24.3 Å². The number of rotatable bonds is 8. The molecule has 1 aliphatic carbocycles. The van der Waals surface area contributed by atoms with E-state index >= 15 is 0 Å². The van der Waals surface area contributed by atoms with Gasteiger partial charge >= 0.3 is 5.97 Å². The van der Waals surface area contributed by atoms with Crippen molar-refractivity contribution in [2.75, 3.05) is 32.1 Å². The van der Waals surface area contributed by atoms with Gasteiger partial charge < -0.3 is 15.0 Å². The van der Waals surface area contributed by atoms with Gasteiger partial charge in [-0.15, -0.1) is 0 Å². The lowest BCUT2D eigenvalue weighted by atomic mass is 9.95. The molecule has 1 N–H and O–H groups in total. The summed E-state index contributed by atoms with van der Waals surface area (Å²) in [6.07, 6.45) is 8.73. The third-order valence-corrected chi connectivity index (χ3v) is 4.46. The smallest absolute Gasteiger partial charge is 0.338 e. The van der Waals surface area contributed by atoms with Crippen LogP contribution in [0.1, 0.15) is 55.3 Å². The van der Waals surface area contributed by atoms with Gasteiger partial charge in [0.1, 0.15) is 0 Å². The Bertz CT molecular complexity index is 465. The van der Waals surface area contributed by atoms with Crippen molar-refractivity contribution in [2.45, 2.75) is 51.0 Å². The molecule has 0 heterocycles. The van der Waals surface area contributed by atoms with E-state index in [9.17, 15) is 4.79 Å². The maximum absolute atomic E-state index is 12.0. The summed E-state index contributed by atoms with van der Waals surface area (Å²) in [5, 5.41) is 3.61. The second-order valence-electron chi connectivity index (χ2n) is 6.57. The van der Waals surface area contributed by atoms with Gasteiger partial charge in [-0.1, -0.05) is 19.3 Å². The highest BCUT2D eigenvalue weighted by atomic mass is 16.5. The first kappa shape index (κ1) is 17.8. The molecule has 128 valence electrons. The molecule has 0 aromatic heterocycles. The van der Waals surface area contributed by atoms with Crippen molar-refractivity contribution < 1.29 is 9.53 Å². The van der Waals surface area contributed by atoms with Crippen LogP contribution in [0.4, 0.5) is 5.69 Å². The number of nitrogens with zero attached hydrogens (tertiary/aromatic N) is 1. The lowest BCUT2D eigenvalue weighted by Gasteiger charge is -2.22. The molecular weight excluding hydrogens is 288 g/mol. The van der Waals surface area contributed by atoms with Gasteiger partial charge in [0.15, 0.2) is 0 Å². The predicted octanol–water partition coefficient (Wildman–Crippen LogP) is 3.61. The average Bonchev–Trinajstić information content (AvgIpc) is 2.58. The Morgan fingerprint density at radius 3 is 2.48 bits per heavy atom. The van der Waals surface area contributed by atoms with E-state index in [0.29, 0.717) is 18.2 Å². The normalized spacial score (nSPS) is 15.4. The lowest BCUT2D eigenvalue weighted by molar-refractivity contribution is 0.0498. The second kappa shape index (κ2) is 9.56. The van der Waals surface area contributed by atoms with Crippen molar-refractivity contribution in [1.82, 2.24) is 5.32 Å². The summed E-state index contributed by atoms with van der Waals surface area (Å²) in [6, 6.07) is 8.22. The van der Waals surface area contributed by atoms with Gasteiger partial charge in [0, 0.05) is 25.8 Å². The van der Waals surface area contributed by atoms with Gasteiger partial charge in [-0.2, -0.15) is 0 Å². The standard InChI is InChI=1S/C19H30N2O2/c1-21(2)18-12-10-16(11-13-18)19(22)23-15-7-6-14-20-17-8-4-3-5-9-17/h10-13,17,20H,3-9,14-15H2,1-2H3. The highest BCUT2D eigenvalue weighted by Crippen LogP contribution is 2.17. The summed E-state index contributed by atoms with van der Waals surface area (Å²) in [5.74, 6) is -0.226. The maximum Gasteiger partial charge on any atom is 0.338 e. The third-order valence-electron chi connectivity index (χ3n) is 4.46. The molecule has 1 aromatic rings. The van der Waals surface area contributed by atoms with E-state index < -0.39 is 0 Å². The first-order valence-electron chi connectivity index (χ1n) is 8.85. The number of carbonyl (C=O) groups is 1. The molecule has 0 spiro atoms. The van der Waals surface area contributed by atoms with Gasteiger partial charge in [0.05, 0.1) is 12.2 Å². The summed E-state index contributed by atoms with van der Waals surface area (Å²) in [4.78, 5) is 14.0. The minimum absolute atomic E-state index is 0.226. The predicted molar refractivity (Wildman–Crippen MR) is 95.2 cm³/mol. The van der Waals surface area contributed by atoms with Crippen LogP contribution in [0.5, 0.6) is 0 Å². The molecule has 1 fully saturated rings. The SMILES string of the molecule is CN(C)c1ccc(C(=O)OCCCCNC2CCCCC2)cc1. The van der Waals surface area contributed by atoms with Crippen molar-refractivity contribution in [1.29, 1.82) is 0 Å². The number of nitrogens with one attached hydrogen (secondary N) is 1. The van der Waals surface area contributed by atoms with Gasteiger partial charge in [-0.05, 0) is 56.5 Å². The molecule has 2 rings (SSSR count). The zero-order chi connectivity index (χ0) is 16.5. The van der Waals surface area contributed by atoms with Crippen LogP contribution in [0.3, 0.4) is 0 Å². The van der Waals surface area contributed by atoms with E-state index in [4.69, 9.17) is 4.74 Å². The van der Waals surface area contributed by atoms with Crippen molar-refractivity contribution in [2.24, 2.45) is 0 Å². The van der Waals surface area contributed by atoms with Crippen LogP contribution in [-0.2, 0) is 4.74 Å². The molecular formula is C19H30N2O2. The molecule has 4 nitrogen and oxygen atoms in total. The molecule has 0 atom stereocenters. The van der Waals surface area contributed by atoms with E-state index in [0.717, 1.165) is 25.1 Å². The Hall–Kier alpha value is -1.55. The Labute approximate surface area is 140 Å². The number of hydrogen-bond donors (Lipinski definition) is 1. The summed E-state index contributed by atoms with van der Waals surface area (Å²) in [6.45, 7) is 1.53. The van der Waals surface area contributed by atoms with E-state index in [1.807, 2.05) is 43.3 Å². The number of esters is 1. The van der Waals surface area contributed by atoms with Gasteiger partial charge in [0.2, 0.25) is 0 Å². The Morgan fingerprint density at radius 2 is 1.83 bits per heavy atom. The van der Waals surface area contributed by atoms with Crippen molar-refractivity contribution in [3.63, 3.8) is 0 Å². The third kappa shape index (κ3) is 6.22. The van der Waals surface area contributed by atoms with E-state index in [1.54, 1.807) is 0 Å². The molecule has 0 radical (unpaired) electrons. The summed E-state index contributed by atoms with van der Waals surface area (Å²) >= 11 is 0. The molecule has 23 heavy (non-hydrogen) atoms. The van der Waals surface area contributed by atoms with Crippen molar-refractivity contribution in [3.8, 4) is 0 Å². The number of ether oxygens (including phenoxy) is 1. The monoisotopic (exact) mass is 318 g/mol. The zero-order valence-electron chi connectivity index (χ0n) is 14.5. The fourth-order valence-electron chi connectivity index (χ4n) is 2.98. The average molecular weight is 318 g/mol. The Balaban J connectivity index is 1.57. The van der Waals surface area contributed by atoms with Gasteiger partial charge in [-0.3, -0.25) is 0 Å². The fraction of sp³-hybridized carbons (Fsp3) is 0.632. The molecule has 0 bridgehead atoms. The van der Waals surface area contributed by atoms with Gasteiger partial charge in [0.25, 0.3) is 0 Å². The lowest BCUT2D eigenvalue weighted by Crippen LogP contribution is -2.31. The first-order valence-corrected chi connectivity index (χ1v) is 8.85. The van der Waals surface area contributed by atoms with Crippen LogP contribution in [0.2, 0.25) is 0 Å².